The topological polar surface area (TPSA) is 89.5 Å². The molecule has 4 aromatic rings. The normalized spacial score (nSPS) is 14.9. The maximum atomic E-state index is 13.0. The number of nitrogens with zero attached hydrogens (tertiary/aromatic N) is 3. The number of sulfone groups is 1. The quantitative estimate of drug-likeness (QED) is 0.280. The van der Waals surface area contributed by atoms with Crippen LogP contribution in [0, 0.1) is 0 Å². The second kappa shape index (κ2) is 10.5. The van der Waals surface area contributed by atoms with E-state index in [1.807, 2.05) is 42.3 Å². The van der Waals surface area contributed by atoms with Crippen molar-refractivity contribution in [2.24, 2.45) is 0 Å². The van der Waals surface area contributed by atoms with E-state index in [1.165, 1.54) is 7.11 Å². The van der Waals surface area contributed by atoms with Crippen LogP contribution >= 0.6 is 23.2 Å². The van der Waals surface area contributed by atoms with Gasteiger partial charge in [0.15, 0.2) is 16.1 Å². The van der Waals surface area contributed by atoms with Gasteiger partial charge in [-0.05, 0) is 36.9 Å². The molecular weight excluding hydrogens is 545 g/mol. The van der Waals surface area contributed by atoms with Gasteiger partial charge in [-0.2, -0.15) is 0 Å². The van der Waals surface area contributed by atoms with E-state index >= 15 is 0 Å². The largest absolute Gasteiger partial charge is 0.480 e. The van der Waals surface area contributed by atoms with Crippen molar-refractivity contribution < 1.29 is 17.9 Å². The Balaban J connectivity index is 1.61. The van der Waals surface area contributed by atoms with Crippen molar-refractivity contribution in [1.82, 2.24) is 14.9 Å². The lowest BCUT2D eigenvalue weighted by Crippen LogP contribution is -2.21. The highest BCUT2D eigenvalue weighted by atomic mass is 35.5. The van der Waals surface area contributed by atoms with Crippen LogP contribution in [0.15, 0.2) is 65.7 Å². The van der Waals surface area contributed by atoms with Crippen molar-refractivity contribution in [2.75, 3.05) is 26.5 Å². The zero-order chi connectivity index (χ0) is 27.0. The number of aldehydes is 1. The molecule has 5 rings (SSSR count). The zero-order valence-electron chi connectivity index (χ0n) is 20.6. The molecule has 2 aromatic carbocycles. The zero-order valence-corrected chi connectivity index (χ0v) is 22.9. The van der Waals surface area contributed by atoms with Crippen LogP contribution in [0.2, 0.25) is 10.0 Å². The molecule has 0 spiro atoms. The summed E-state index contributed by atoms with van der Waals surface area (Å²) in [5.41, 5.74) is 4.60. The van der Waals surface area contributed by atoms with Crippen LogP contribution in [0.5, 0.6) is 5.88 Å². The van der Waals surface area contributed by atoms with Gasteiger partial charge >= 0.3 is 0 Å². The third-order valence-electron chi connectivity index (χ3n) is 6.52. The van der Waals surface area contributed by atoms with Crippen LogP contribution in [0.3, 0.4) is 0 Å². The molecule has 0 saturated carbocycles. The Morgan fingerprint density at radius 2 is 1.76 bits per heavy atom. The molecule has 0 N–H and O–H groups in total. The van der Waals surface area contributed by atoms with Gasteiger partial charge in [0.05, 0.1) is 44.8 Å². The first kappa shape index (κ1) is 26.3. The predicted molar refractivity (Wildman–Crippen MR) is 149 cm³/mol. The third kappa shape index (κ3) is 4.80. The number of carbonyl (C=O) groups excluding carboxylic acids is 1. The van der Waals surface area contributed by atoms with E-state index < -0.39 is 9.84 Å². The standard InChI is InChI=1S/C28H23Cl2N3O4S/c1-33-12-13-38(35,36)24-14-17(6-7-18(24)15-33)27-26(30)21(10-11-31-27)20-4-3-5-22(25(20)29)23-9-8-19(16-34)28(32-23)37-2/h3-11,14,16H,12-13,15H2,1-2H3. The Morgan fingerprint density at radius 3 is 2.53 bits per heavy atom. The molecule has 0 aliphatic carbocycles. The van der Waals surface area contributed by atoms with E-state index in [1.54, 1.807) is 30.5 Å². The minimum absolute atomic E-state index is 0.0518. The van der Waals surface area contributed by atoms with E-state index in [0.29, 0.717) is 73.5 Å². The number of hydrogen-bond donors (Lipinski definition) is 0. The monoisotopic (exact) mass is 567 g/mol. The Hall–Kier alpha value is -3.30. The van der Waals surface area contributed by atoms with Crippen LogP contribution in [0.1, 0.15) is 15.9 Å². The van der Waals surface area contributed by atoms with Crippen molar-refractivity contribution >= 4 is 39.3 Å². The van der Waals surface area contributed by atoms with E-state index in [0.717, 1.165) is 5.56 Å². The molecule has 38 heavy (non-hydrogen) atoms. The van der Waals surface area contributed by atoms with Gasteiger partial charge in [0.2, 0.25) is 5.88 Å². The van der Waals surface area contributed by atoms with Crippen LogP contribution in [0.4, 0.5) is 0 Å². The number of ether oxygens (including phenoxy) is 1. The molecule has 1 aliphatic heterocycles. The van der Waals surface area contributed by atoms with Crippen LogP contribution < -0.4 is 4.74 Å². The third-order valence-corrected chi connectivity index (χ3v) is 9.08. The maximum absolute atomic E-state index is 13.0. The Bertz CT molecular complexity index is 1680. The van der Waals surface area contributed by atoms with Crippen LogP contribution in [0.25, 0.3) is 33.6 Å². The van der Waals surface area contributed by atoms with Gasteiger partial charge in [0.25, 0.3) is 0 Å². The summed E-state index contributed by atoms with van der Waals surface area (Å²) in [6, 6.07) is 15.9. The van der Waals surface area contributed by atoms with E-state index in [-0.39, 0.29) is 11.6 Å². The summed E-state index contributed by atoms with van der Waals surface area (Å²) in [5.74, 6) is 0.253. The molecule has 10 heteroatoms. The van der Waals surface area contributed by atoms with Gasteiger partial charge in [0, 0.05) is 41.5 Å². The fraction of sp³-hybridized carbons (Fsp3) is 0.179. The number of benzene rings is 2. The molecule has 0 atom stereocenters. The van der Waals surface area contributed by atoms with Crippen molar-refractivity contribution in [3.63, 3.8) is 0 Å². The highest BCUT2D eigenvalue weighted by molar-refractivity contribution is 7.91. The summed E-state index contributed by atoms with van der Waals surface area (Å²) in [5, 5.41) is 0.754. The summed E-state index contributed by atoms with van der Waals surface area (Å²) in [7, 11) is -0.0944. The lowest BCUT2D eigenvalue weighted by Gasteiger charge is -2.15. The van der Waals surface area contributed by atoms with Gasteiger partial charge in [-0.25, -0.2) is 13.4 Å². The first-order valence-corrected chi connectivity index (χ1v) is 14.1. The molecule has 194 valence electrons. The molecule has 0 bridgehead atoms. The first-order valence-electron chi connectivity index (χ1n) is 11.7. The Labute approximate surface area is 230 Å². The van der Waals surface area contributed by atoms with Crippen LogP contribution in [-0.2, 0) is 16.4 Å². The molecule has 0 saturated heterocycles. The minimum atomic E-state index is -3.44. The van der Waals surface area contributed by atoms with Gasteiger partial charge in [0.1, 0.15) is 0 Å². The predicted octanol–water partition coefficient (Wildman–Crippen LogP) is 5.82. The van der Waals surface area contributed by atoms with Crippen molar-refractivity contribution in [2.45, 2.75) is 11.4 Å². The molecule has 0 amide bonds. The molecular formula is C28H23Cl2N3O4S. The molecule has 0 fully saturated rings. The average molecular weight is 568 g/mol. The lowest BCUT2D eigenvalue weighted by molar-refractivity contribution is 0.112. The second-order valence-electron chi connectivity index (χ2n) is 8.98. The van der Waals surface area contributed by atoms with Crippen molar-refractivity contribution in [1.29, 1.82) is 0 Å². The number of carbonyl (C=O) groups is 1. The second-order valence-corrected chi connectivity index (χ2v) is 11.8. The number of pyridine rings is 2. The number of aromatic nitrogens is 2. The average Bonchev–Trinajstić information content (AvgIpc) is 3.03. The van der Waals surface area contributed by atoms with Gasteiger partial charge in [-0.15, -0.1) is 0 Å². The molecule has 2 aromatic heterocycles. The van der Waals surface area contributed by atoms with Crippen LogP contribution in [-0.4, -0.2) is 56.0 Å². The fourth-order valence-electron chi connectivity index (χ4n) is 4.52. The molecule has 1 aliphatic rings. The number of methoxy groups -OCH3 is 1. The number of fused-ring (bicyclic) bond motifs is 1. The summed E-state index contributed by atoms with van der Waals surface area (Å²) < 4.78 is 31.2. The summed E-state index contributed by atoms with van der Waals surface area (Å²) in [4.78, 5) is 22.5. The van der Waals surface area contributed by atoms with Crippen molar-refractivity contribution in [3.8, 4) is 39.5 Å². The van der Waals surface area contributed by atoms with E-state index in [4.69, 9.17) is 27.9 Å². The number of hydrogen-bond acceptors (Lipinski definition) is 7. The summed E-state index contributed by atoms with van der Waals surface area (Å²) in [6.07, 6.45) is 2.30. The minimum Gasteiger partial charge on any atom is -0.480 e. The Morgan fingerprint density at radius 1 is 1.00 bits per heavy atom. The first-order chi connectivity index (χ1) is 18.2. The highest BCUT2D eigenvalue weighted by Gasteiger charge is 2.25. The molecule has 0 radical (unpaired) electrons. The molecule has 3 heterocycles. The van der Waals surface area contributed by atoms with Gasteiger partial charge in [-0.3, -0.25) is 9.78 Å². The van der Waals surface area contributed by atoms with Crippen molar-refractivity contribution in [3.05, 3.63) is 82.0 Å². The Kier molecular flexibility index (Phi) is 7.24. The SMILES string of the molecule is COc1nc(-c2cccc(-c3ccnc(-c4ccc5c(c4)S(=O)(=O)CCN(C)C5)c3Cl)c2Cl)ccc1C=O. The smallest absolute Gasteiger partial charge is 0.224 e. The highest BCUT2D eigenvalue weighted by Crippen LogP contribution is 2.42. The van der Waals surface area contributed by atoms with Gasteiger partial charge in [-0.1, -0.05) is 53.5 Å². The maximum Gasteiger partial charge on any atom is 0.224 e. The number of halogens is 2. The van der Waals surface area contributed by atoms with Gasteiger partial charge < -0.3 is 9.64 Å². The summed E-state index contributed by atoms with van der Waals surface area (Å²) in [6.45, 7) is 1.01. The van der Waals surface area contributed by atoms with E-state index in [9.17, 15) is 13.2 Å². The number of rotatable bonds is 5. The lowest BCUT2D eigenvalue weighted by atomic mass is 9.99. The molecule has 7 nitrogen and oxygen atoms in total. The van der Waals surface area contributed by atoms with E-state index in [2.05, 4.69) is 9.97 Å². The fourth-order valence-corrected chi connectivity index (χ4v) is 6.78. The summed E-state index contributed by atoms with van der Waals surface area (Å²) >= 11 is 13.8. The molecule has 0 unspecified atom stereocenters.